The maximum Gasteiger partial charge on any atom is 0.417 e. The minimum absolute atomic E-state index is 0.0817. The summed E-state index contributed by atoms with van der Waals surface area (Å²) in [4.78, 5) is 52.7. The van der Waals surface area contributed by atoms with Gasteiger partial charge in [-0.2, -0.15) is 0 Å². The van der Waals surface area contributed by atoms with Crippen LogP contribution in [0.3, 0.4) is 0 Å². The van der Waals surface area contributed by atoms with E-state index in [1.807, 2.05) is 0 Å². The maximum atomic E-state index is 13.7. The number of amides is 6. The number of nitrogens with one attached hydrogen (secondary N) is 2. The minimum atomic E-state index is -4.09. The first kappa shape index (κ1) is 39.1. The second-order valence-corrected chi connectivity index (χ2v) is 14.4. The second-order valence-electron chi connectivity index (χ2n) is 12.5. The van der Waals surface area contributed by atoms with Crippen molar-refractivity contribution < 1.29 is 37.1 Å². The molecule has 0 saturated heterocycles. The first-order valence-electron chi connectivity index (χ1n) is 17.2. The Morgan fingerprint density at radius 1 is 0.491 bits per heavy atom. The number of hydrogen-bond donors (Lipinski definition) is 4. The molecule has 6 aromatic rings. The standard InChI is InChI=1S/C42H36N6O8S/c1-27-13-15-31(25-37(27)45-41(51)55-33-9-5-3-6-10-33)47(39(43)49)29-17-21-35(22-18-29)57(53,54)36-23-19-30(20-24-36)48(40(44)50)32-16-14-28(2)38(26-32)46-42(52)56-34-11-7-4-8-12-34/h3-26H,1-2H3,(H2,43,49)(H2,44,50)(H,45,51)(H,46,52). The van der Waals surface area contributed by atoms with E-state index in [1.165, 1.54) is 48.5 Å². The molecule has 6 amide bonds. The molecule has 57 heavy (non-hydrogen) atoms. The van der Waals surface area contributed by atoms with Crippen molar-refractivity contribution in [3.8, 4) is 11.5 Å². The third kappa shape index (κ3) is 9.18. The van der Waals surface area contributed by atoms with Gasteiger partial charge in [0.25, 0.3) is 0 Å². The molecule has 0 aliphatic rings. The molecule has 14 nitrogen and oxygen atoms in total. The molecular weight excluding hydrogens is 749 g/mol. The molecule has 0 aliphatic heterocycles. The summed E-state index contributed by atoms with van der Waals surface area (Å²) in [6, 6.07) is 36.0. The van der Waals surface area contributed by atoms with Gasteiger partial charge >= 0.3 is 24.2 Å². The molecule has 6 aromatic carbocycles. The van der Waals surface area contributed by atoms with Crippen LogP contribution in [-0.4, -0.2) is 32.7 Å². The van der Waals surface area contributed by atoms with Crippen LogP contribution in [0.2, 0.25) is 0 Å². The van der Waals surface area contributed by atoms with Gasteiger partial charge in [0.05, 0.1) is 32.5 Å². The minimum Gasteiger partial charge on any atom is -0.410 e. The van der Waals surface area contributed by atoms with E-state index in [2.05, 4.69) is 10.6 Å². The Balaban J connectivity index is 1.19. The van der Waals surface area contributed by atoms with E-state index in [1.54, 1.807) is 111 Å². The number of urea groups is 2. The Kier molecular flexibility index (Phi) is 11.5. The van der Waals surface area contributed by atoms with Crippen molar-refractivity contribution in [3.63, 3.8) is 0 Å². The molecule has 15 heteroatoms. The fraction of sp³-hybridized carbons (Fsp3) is 0.0476. The number of nitrogens with two attached hydrogens (primary N) is 2. The van der Waals surface area contributed by atoms with Gasteiger partial charge in [0.1, 0.15) is 11.5 Å². The normalized spacial score (nSPS) is 10.8. The molecule has 0 bridgehead atoms. The van der Waals surface area contributed by atoms with Crippen molar-refractivity contribution in [1.29, 1.82) is 0 Å². The summed E-state index contributed by atoms with van der Waals surface area (Å²) in [6.45, 7) is 3.52. The second kappa shape index (κ2) is 16.8. The fourth-order valence-electron chi connectivity index (χ4n) is 5.72. The number of rotatable bonds is 10. The predicted octanol–water partition coefficient (Wildman–Crippen LogP) is 8.79. The number of carbonyl (C=O) groups is 4. The molecule has 0 atom stereocenters. The van der Waals surface area contributed by atoms with Gasteiger partial charge in [-0.25, -0.2) is 27.6 Å². The lowest BCUT2D eigenvalue weighted by atomic mass is 10.1. The topological polar surface area (TPSA) is 203 Å². The Hall–Kier alpha value is -7.65. The first-order valence-corrected chi connectivity index (χ1v) is 18.7. The third-order valence-electron chi connectivity index (χ3n) is 8.59. The quantitative estimate of drug-likeness (QED) is 0.105. The van der Waals surface area contributed by atoms with Gasteiger partial charge in [0.2, 0.25) is 9.84 Å². The fourth-order valence-corrected chi connectivity index (χ4v) is 6.98. The van der Waals surface area contributed by atoms with Crippen LogP contribution in [0.15, 0.2) is 155 Å². The molecule has 0 heterocycles. The number of aryl methyl sites for hydroxylation is 2. The monoisotopic (exact) mass is 784 g/mol. The zero-order chi connectivity index (χ0) is 40.7. The van der Waals surface area contributed by atoms with E-state index >= 15 is 0 Å². The van der Waals surface area contributed by atoms with Gasteiger partial charge in [0, 0.05) is 11.4 Å². The smallest absolute Gasteiger partial charge is 0.410 e. The number of sulfone groups is 1. The highest BCUT2D eigenvalue weighted by molar-refractivity contribution is 7.91. The zero-order valence-electron chi connectivity index (χ0n) is 30.6. The van der Waals surface area contributed by atoms with Crippen molar-refractivity contribution in [2.75, 3.05) is 20.4 Å². The van der Waals surface area contributed by atoms with Crippen LogP contribution in [0.25, 0.3) is 0 Å². The van der Waals surface area contributed by atoms with Crippen LogP contribution in [0.4, 0.5) is 53.3 Å². The van der Waals surface area contributed by atoms with Gasteiger partial charge in [-0.15, -0.1) is 0 Å². The third-order valence-corrected chi connectivity index (χ3v) is 10.4. The van der Waals surface area contributed by atoms with Crippen LogP contribution in [0.1, 0.15) is 11.1 Å². The Morgan fingerprint density at radius 2 is 0.825 bits per heavy atom. The molecule has 6 N–H and O–H groups in total. The molecular formula is C42H36N6O8S. The van der Waals surface area contributed by atoms with Gasteiger partial charge in [-0.05, 0) is 122 Å². The van der Waals surface area contributed by atoms with Crippen LogP contribution in [0.5, 0.6) is 11.5 Å². The maximum absolute atomic E-state index is 13.7. The summed E-state index contributed by atoms with van der Waals surface area (Å²) in [6.07, 6.45) is -1.48. The predicted molar refractivity (Wildman–Crippen MR) is 216 cm³/mol. The average molecular weight is 785 g/mol. The van der Waals surface area contributed by atoms with Crippen LogP contribution in [-0.2, 0) is 9.84 Å². The average Bonchev–Trinajstić information content (AvgIpc) is 3.18. The molecule has 0 aromatic heterocycles. The van der Waals surface area contributed by atoms with Gasteiger partial charge in [-0.1, -0.05) is 48.5 Å². The summed E-state index contributed by atoms with van der Waals surface area (Å²) >= 11 is 0. The van der Waals surface area contributed by atoms with Crippen molar-refractivity contribution in [3.05, 3.63) is 157 Å². The molecule has 0 aliphatic carbocycles. The van der Waals surface area contributed by atoms with Crippen molar-refractivity contribution in [2.45, 2.75) is 23.6 Å². The number of para-hydroxylation sites is 2. The summed E-state index contributed by atoms with van der Waals surface area (Å²) in [5.74, 6) is 0.688. The largest absolute Gasteiger partial charge is 0.417 e. The highest BCUT2D eigenvalue weighted by Gasteiger charge is 2.23. The van der Waals surface area contributed by atoms with Crippen molar-refractivity contribution in [1.82, 2.24) is 0 Å². The number of carbonyl (C=O) groups excluding carboxylic acids is 4. The zero-order valence-corrected chi connectivity index (χ0v) is 31.4. The number of anilines is 6. The Bertz CT molecular complexity index is 2380. The highest BCUT2D eigenvalue weighted by atomic mass is 32.2. The number of nitrogens with zero attached hydrogens (tertiary/aromatic N) is 2. The van der Waals surface area contributed by atoms with Gasteiger partial charge in [0.15, 0.2) is 0 Å². The molecule has 288 valence electrons. The van der Waals surface area contributed by atoms with E-state index in [-0.39, 0.29) is 21.2 Å². The highest BCUT2D eigenvalue weighted by Crippen LogP contribution is 2.34. The molecule has 0 unspecified atom stereocenters. The summed E-state index contributed by atoms with van der Waals surface area (Å²) in [5.41, 5.74) is 14.8. The Morgan fingerprint density at radius 3 is 1.16 bits per heavy atom. The van der Waals surface area contributed by atoms with Gasteiger partial charge in [-0.3, -0.25) is 20.4 Å². The van der Waals surface area contributed by atoms with E-state index in [0.717, 1.165) is 9.80 Å². The lowest BCUT2D eigenvalue weighted by Crippen LogP contribution is -2.31. The van der Waals surface area contributed by atoms with E-state index in [4.69, 9.17) is 20.9 Å². The lowest BCUT2D eigenvalue weighted by Gasteiger charge is -2.23. The van der Waals surface area contributed by atoms with Crippen LogP contribution >= 0.6 is 0 Å². The van der Waals surface area contributed by atoms with Crippen molar-refractivity contribution >= 4 is 68.2 Å². The number of hydrogen-bond acceptors (Lipinski definition) is 8. The summed E-state index contributed by atoms with van der Waals surface area (Å²) in [7, 11) is -4.09. The van der Waals surface area contributed by atoms with E-state index in [9.17, 15) is 27.6 Å². The number of ether oxygens (including phenoxy) is 2. The van der Waals surface area contributed by atoms with Crippen LogP contribution < -0.4 is 41.4 Å². The van der Waals surface area contributed by atoms with Crippen molar-refractivity contribution in [2.24, 2.45) is 11.5 Å². The molecule has 0 spiro atoms. The van der Waals surface area contributed by atoms with E-state index in [0.29, 0.717) is 45.4 Å². The number of primary amides is 2. The molecule has 0 radical (unpaired) electrons. The van der Waals surface area contributed by atoms with E-state index < -0.39 is 34.1 Å². The first-order chi connectivity index (χ1) is 27.3. The van der Waals surface area contributed by atoms with Gasteiger partial charge < -0.3 is 20.9 Å². The molecule has 0 saturated carbocycles. The number of benzene rings is 6. The molecule has 0 fully saturated rings. The summed E-state index contributed by atoms with van der Waals surface area (Å²) in [5, 5.41) is 5.34. The van der Waals surface area contributed by atoms with Crippen LogP contribution in [0, 0.1) is 13.8 Å². The Labute approximate surface area is 328 Å². The SMILES string of the molecule is Cc1ccc(N(C(N)=O)c2ccc(S(=O)(=O)c3ccc(N(C(N)=O)c4ccc(C)c(NC(=O)Oc5ccccc5)c4)cc3)cc2)cc1NC(=O)Oc1ccccc1. The summed E-state index contributed by atoms with van der Waals surface area (Å²) < 4.78 is 38.1. The molecule has 6 rings (SSSR count). The lowest BCUT2D eigenvalue weighted by molar-refractivity contribution is 0.214.